The zero-order valence-corrected chi connectivity index (χ0v) is 12.4. The lowest BCUT2D eigenvalue weighted by Crippen LogP contribution is -2.35. The highest BCUT2D eigenvalue weighted by Crippen LogP contribution is 2.19. The van der Waals surface area contributed by atoms with Crippen molar-refractivity contribution in [1.82, 2.24) is 4.72 Å². The Morgan fingerprint density at radius 3 is 2.47 bits per heavy atom. The number of sulfonamides is 1. The lowest BCUT2D eigenvalue weighted by Gasteiger charge is -2.17. The van der Waals surface area contributed by atoms with E-state index in [1.165, 1.54) is 12.1 Å². The quantitative estimate of drug-likeness (QED) is 0.788. The van der Waals surface area contributed by atoms with Crippen molar-refractivity contribution in [2.24, 2.45) is 5.73 Å². The van der Waals surface area contributed by atoms with Crippen LogP contribution in [0.1, 0.15) is 32.3 Å². The summed E-state index contributed by atoms with van der Waals surface area (Å²) in [5, 5.41) is 0. The fourth-order valence-corrected chi connectivity index (χ4v) is 3.61. The molecule has 1 aromatic carbocycles. The number of halogens is 1. The lowest BCUT2D eigenvalue weighted by molar-refractivity contribution is 0.528. The van der Waals surface area contributed by atoms with Gasteiger partial charge in [0.05, 0.1) is 10.5 Å². The topological polar surface area (TPSA) is 72.2 Å². The summed E-state index contributed by atoms with van der Waals surface area (Å²) in [6.45, 7) is 3.74. The predicted molar refractivity (Wildman–Crippen MR) is 77.0 cm³/mol. The fourth-order valence-electron chi connectivity index (χ4n) is 1.71. The molecule has 0 unspecified atom stereocenters. The van der Waals surface area contributed by atoms with Crippen molar-refractivity contribution in [1.29, 1.82) is 0 Å². The average Bonchev–Trinajstić information content (AvgIpc) is 2.35. The molecule has 3 N–H and O–H groups in total. The summed E-state index contributed by atoms with van der Waals surface area (Å²) in [5.41, 5.74) is 5.17. The minimum Gasteiger partial charge on any atom is -0.389 e. The summed E-state index contributed by atoms with van der Waals surface area (Å²) in [6, 6.07) is 3.54. The third-order valence-corrected chi connectivity index (χ3v) is 4.59. The highest BCUT2D eigenvalue weighted by molar-refractivity contribution is 7.89. The van der Waals surface area contributed by atoms with Gasteiger partial charge < -0.3 is 5.73 Å². The maximum Gasteiger partial charge on any atom is 0.241 e. The molecule has 0 radical (unpaired) electrons. The second kappa shape index (κ2) is 6.40. The van der Waals surface area contributed by atoms with E-state index >= 15 is 0 Å². The van der Waals surface area contributed by atoms with E-state index < -0.39 is 15.8 Å². The van der Waals surface area contributed by atoms with Crippen LogP contribution < -0.4 is 10.5 Å². The van der Waals surface area contributed by atoms with Crippen molar-refractivity contribution >= 4 is 27.2 Å². The molecule has 1 rings (SSSR count). The van der Waals surface area contributed by atoms with Crippen LogP contribution in [0.25, 0.3) is 0 Å². The van der Waals surface area contributed by atoms with Gasteiger partial charge in [-0.1, -0.05) is 32.1 Å². The highest BCUT2D eigenvalue weighted by Gasteiger charge is 2.24. The Hall–Kier alpha value is -1.05. The van der Waals surface area contributed by atoms with Crippen LogP contribution in [0.4, 0.5) is 4.39 Å². The van der Waals surface area contributed by atoms with Crippen LogP contribution in [0, 0.1) is 5.82 Å². The molecule has 0 saturated carbocycles. The van der Waals surface area contributed by atoms with E-state index in [0.29, 0.717) is 12.8 Å². The number of nitrogens with one attached hydrogen (secondary N) is 1. The summed E-state index contributed by atoms with van der Waals surface area (Å²) < 4.78 is 40.7. The number of hydrogen-bond acceptors (Lipinski definition) is 3. The predicted octanol–water partition coefficient (Wildman–Crippen LogP) is 1.93. The average molecular weight is 304 g/mol. The summed E-state index contributed by atoms with van der Waals surface area (Å²) in [5.74, 6) is -0.736. The van der Waals surface area contributed by atoms with Crippen molar-refractivity contribution in [2.45, 2.75) is 37.6 Å². The Balaban J connectivity index is 3.29. The molecule has 106 valence electrons. The maximum absolute atomic E-state index is 13.7. The molecule has 0 atom stereocenters. The number of thiocarbonyl (C=S) groups is 1. The molecular weight excluding hydrogens is 287 g/mol. The summed E-state index contributed by atoms with van der Waals surface area (Å²) in [7, 11) is -3.84. The minimum absolute atomic E-state index is 0.201. The van der Waals surface area contributed by atoms with Gasteiger partial charge in [-0.15, -0.1) is 0 Å². The summed E-state index contributed by atoms with van der Waals surface area (Å²) >= 11 is 4.72. The molecule has 0 aliphatic carbocycles. The fraction of sp³-hybridized carbons (Fsp3) is 0.417. The monoisotopic (exact) mass is 304 g/mol. The van der Waals surface area contributed by atoms with Gasteiger partial charge in [0.15, 0.2) is 0 Å². The van der Waals surface area contributed by atoms with Crippen LogP contribution in [-0.2, 0) is 10.0 Å². The van der Waals surface area contributed by atoms with Crippen LogP contribution in [0.15, 0.2) is 23.1 Å². The van der Waals surface area contributed by atoms with E-state index in [1.54, 1.807) is 0 Å². The van der Waals surface area contributed by atoms with E-state index in [2.05, 4.69) is 4.72 Å². The van der Waals surface area contributed by atoms with Gasteiger partial charge in [-0.2, -0.15) is 0 Å². The van der Waals surface area contributed by atoms with Crippen molar-refractivity contribution < 1.29 is 12.8 Å². The van der Waals surface area contributed by atoms with Crippen molar-refractivity contribution in [3.05, 3.63) is 29.6 Å². The highest BCUT2D eigenvalue weighted by atomic mass is 32.2. The zero-order chi connectivity index (χ0) is 14.6. The normalized spacial score (nSPS) is 11.8. The van der Waals surface area contributed by atoms with Gasteiger partial charge in [0.1, 0.15) is 10.8 Å². The standard InChI is InChI=1S/C12H17FN2O2S2/c1-3-8(4-2)15-19(16,17)10-7-5-6-9(13)11(10)12(14)18/h5-8,15H,3-4H2,1-2H3,(H2,14,18). The molecule has 0 saturated heterocycles. The number of benzene rings is 1. The number of nitrogens with two attached hydrogens (primary N) is 1. The maximum atomic E-state index is 13.7. The van der Waals surface area contributed by atoms with Crippen LogP contribution >= 0.6 is 12.2 Å². The first-order chi connectivity index (χ1) is 8.83. The Labute approximate surface area is 118 Å². The van der Waals surface area contributed by atoms with Gasteiger partial charge in [-0.25, -0.2) is 17.5 Å². The van der Waals surface area contributed by atoms with E-state index in [-0.39, 0.29) is 21.5 Å². The Bertz CT molecular complexity index is 569. The first kappa shape index (κ1) is 16.0. The second-order valence-electron chi connectivity index (χ2n) is 4.11. The third-order valence-electron chi connectivity index (χ3n) is 2.82. The van der Waals surface area contributed by atoms with Crippen LogP contribution in [0.2, 0.25) is 0 Å². The van der Waals surface area contributed by atoms with E-state index in [1.807, 2.05) is 13.8 Å². The lowest BCUT2D eigenvalue weighted by atomic mass is 10.2. The molecule has 0 amide bonds. The van der Waals surface area contributed by atoms with Gasteiger partial charge >= 0.3 is 0 Å². The van der Waals surface area contributed by atoms with Crippen LogP contribution in [-0.4, -0.2) is 19.4 Å². The van der Waals surface area contributed by atoms with Crippen LogP contribution in [0.3, 0.4) is 0 Å². The van der Waals surface area contributed by atoms with Crippen molar-refractivity contribution in [3.63, 3.8) is 0 Å². The summed E-state index contributed by atoms with van der Waals surface area (Å²) in [4.78, 5) is -0.491. The minimum atomic E-state index is -3.84. The van der Waals surface area contributed by atoms with E-state index in [0.717, 1.165) is 6.07 Å². The Morgan fingerprint density at radius 2 is 2.00 bits per heavy atom. The Morgan fingerprint density at radius 1 is 1.42 bits per heavy atom. The molecule has 0 aromatic heterocycles. The molecular formula is C12H17FN2O2S2. The first-order valence-corrected chi connectivity index (χ1v) is 7.83. The van der Waals surface area contributed by atoms with Gasteiger partial charge in [0, 0.05) is 6.04 Å². The van der Waals surface area contributed by atoms with Crippen LogP contribution in [0.5, 0.6) is 0 Å². The molecule has 19 heavy (non-hydrogen) atoms. The molecule has 0 bridgehead atoms. The third kappa shape index (κ3) is 3.71. The molecule has 0 heterocycles. The smallest absolute Gasteiger partial charge is 0.241 e. The molecule has 0 aliphatic heterocycles. The second-order valence-corrected chi connectivity index (χ2v) is 6.23. The van der Waals surface area contributed by atoms with E-state index in [4.69, 9.17) is 18.0 Å². The molecule has 7 heteroatoms. The largest absolute Gasteiger partial charge is 0.389 e. The molecule has 1 aromatic rings. The molecule has 0 fully saturated rings. The molecule has 0 aliphatic rings. The number of rotatable bonds is 6. The Kier molecular flexibility index (Phi) is 5.39. The zero-order valence-electron chi connectivity index (χ0n) is 10.8. The van der Waals surface area contributed by atoms with Gasteiger partial charge in [-0.05, 0) is 25.0 Å². The van der Waals surface area contributed by atoms with Gasteiger partial charge in [-0.3, -0.25) is 0 Å². The van der Waals surface area contributed by atoms with Crippen molar-refractivity contribution in [2.75, 3.05) is 0 Å². The van der Waals surface area contributed by atoms with Crippen molar-refractivity contribution in [3.8, 4) is 0 Å². The van der Waals surface area contributed by atoms with Gasteiger partial charge in [0.2, 0.25) is 10.0 Å². The number of hydrogen-bond donors (Lipinski definition) is 2. The molecule has 4 nitrogen and oxygen atoms in total. The first-order valence-electron chi connectivity index (χ1n) is 5.94. The molecule has 0 spiro atoms. The van der Waals surface area contributed by atoms with E-state index in [9.17, 15) is 12.8 Å². The summed E-state index contributed by atoms with van der Waals surface area (Å²) in [6.07, 6.45) is 1.29. The van der Waals surface area contributed by atoms with Gasteiger partial charge in [0.25, 0.3) is 0 Å². The SMILES string of the molecule is CCC(CC)NS(=O)(=O)c1cccc(F)c1C(N)=S.